The van der Waals surface area contributed by atoms with Crippen LogP contribution in [0.1, 0.15) is 1.43 Å². The SMILES string of the molecule is [Cu+].[H-].c1ccc(P(c2ccccc2)c2ccccc2)cc1.c1ccc(Pc2ccccc2)cc1. The van der Waals surface area contributed by atoms with Crippen LogP contribution in [0.5, 0.6) is 0 Å². The normalized spacial score (nSPS) is 9.97. The first-order chi connectivity index (χ1) is 15.9. The second-order valence-corrected chi connectivity index (χ2v) is 10.8. The molecule has 0 atom stereocenters. The maximum absolute atomic E-state index is 2.23. The van der Waals surface area contributed by atoms with Crippen molar-refractivity contribution >= 4 is 43.0 Å². The Hall–Kier alpha value is -2.52. The zero-order valence-electron chi connectivity index (χ0n) is 19.2. The minimum atomic E-state index is -0.446. The van der Waals surface area contributed by atoms with Gasteiger partial charge in [0, 0.05) is 0 Å². The summed E-state index contributed by atoms with van der Waals surface area (Å²) in [4.78, 5) is 0. The molecule has 0 N–H and O–H groups in total. The molecule has 0 amide bonds. The molecule has 0 saturated carbocycles. The van der Waals surface area contributed by atoms with E-state index in [-0.39, 0.29) is 18.5 Å². The van der Waals surface area contributed by atoms with Gasteiger partial charge in [0.25, 0.3) is 0 Å². The third-order valence-corrected chi connectivity index (χ3v) is 8.57. The zero-order valence-corrected chi connectivity index (χ0v) is 21.0. The molecule has 5 rings (SSSR count). The maximum Gasteiger partial charge on any atom is 1.00 e. The smallest absolute Gasteiger partial charge is 1.00 e. The predicted molar refractivity (Wildman–Crippen MR) is 147 cm³/mol. The van der Waals surface area contributed by atoms with Gasteiger partial charge in [-0.05, 0) is 34.4 Å². The van der Waals surface area contributed by atoms with Gasteiger partial charge in [0.05, 0.1) is 0 Å². The van der Waals surface area contributed by atoms with Crippen LogP contribution in [0.25, 0.3) is 0 Å². The first-order valence-corrected chi connectivity index (χ1v) is 13.1. The molecule has 0 fully saturated rings. The van der Waals surface area contributed by atoms with E-state index in [1.54, 1.807) is 0 Å². The molecule has 0 heterocycles. The minimum absolute atomic E-state index is 0. The van der Waals surface area contributed by atoms with Crippen LogP contribution >= 0.6 is 16.5 Å². The van der Waals surface area contributed by atoms with Crippen LogP contribution in [0.4, 0.5) is 0 Å². The van der Waals surface area contributed by atoms with Gasteiger partial charge < -0.3 is 1.43 Å². The molecule has 0 saturated heterocycles. The van der Waals surface area contributed by atoms with Crippen LogP contribution in [0.2, 0.25) is 0 Å². The molecular weight excluding hydrogens is 486 g/mol. The van der Waals surface area contributed by atoms with Gasteiger partial charge in [-0.15, -0.1) is 0 Å². The molecule has 0 spiro atoms. The third kappa shape index (κ3) is 7.78. The molecule has 168 valence electrons. The molecule has 0 radical (unpaired) electrons. The Balaban J connectivity index is 0.000000241. The van der Waals surface area contributed by atoms with E-state index in [1.165, 1.54) is 26.5 Å². The van der Waals surface area contributed by atoms with Crippen LogP contribution in [-0.2, 0) is 17.1 Å². The van der Waals surface area contributed by atoms with Crippen LogP contribution in [0.3, 0.4) is 0 Å². The summed E-state index contributed by atoms with van der Waals surface area (Å²) in [6, 6.07) is 53.5. The van der Waals surface area contributed by atoms with Gasteiger partial charge >= 0.3 is 17.1 Å². The second-order valence-electron chi connectivity index (χ2n) is 7.20. The van der Waals surface area contributed by atoms with Crippen LogP contribution < -0.4 is 26.5 Å². The van der Waals surface area contributed by atoms with E-state index < -0.39 is 7.92 Å². The number of hydrogen-bond acceptors (Lipinski definition) is 0. The van der Waals surface area contributed by atoms with Gasteiger partial charge in [0.1, 0.15) is 0 Å². The Morgan fingerprint density at radius 3 is 0.879 bits per heavy atom. The summed E-state index contributed by atoms with van der Waals surface area (Å²) in [6.45, 7) is 0. The topological polar surface area (TPSA) is 0 Å². The van der Waals surface area contributed by atoms with E-state index in [2.05, 4.69) is 152 Å². The van der Waals surface area contributed by atoms with Crippen molar-refractivity contribution in [2.45, 2.75) is 0 Å². The molecule has 0 aliphatic carbocycles. The Morgan fingerprint density at radius 1 is 0.364 bits per heavy atom. The zero-order chi connectivity index (χ0) is 21.8. The Bertz CT molecular complexity index is 1040. The van der Waals surface area contributed by atoms with E-state index >= 15 is 0 Å². The molecule has 0 unspecified atom stereocenters. The van der Waals surface area contributed by atoms with Crippen LogP contribution in [-0.4, -0.2) is 0 Å². The second kappa shape index (κ2) is 13.9. The van der Waals surface area contributed by atoms with E-state index in [4.69, 9.17) is 0 Å². The van der Waals surface area contributed by atoms with E-state index in [9.17, 15) is 0 Å². The standard InChI is InChI=1S/C18H15P.C12H11P.Cu.H/c1-4-10-16(11-5-1)19(17-12-6-2-7-13-17)18-14-8-3-9-15-18;1-3-7-11(8-4-1)13-12-9-5-2-6-10-12;;/h1-15H;1-10,13H;;/q;;+1;-1. The Labute approximate surface area is 212 Å². The van der Waals surface area contributed by atoms with Crippen molar-refractivity contribution in [1.82, 2.24) is 0 Å². The van der Waals surface area contributed by atoms with Gasteiger partial charge in [0.2, 0.25) is 0 Å². The van der Waals surface area contributed by atoms with E-state index in [0.717, 1.165) is 8.58 Å². The van der Waals surface area contributed by atoms with Crippen molar-refractivity contribution in [2.24, 2.45) is 0 Å². The fourth-order valence-corrected chi connectivity index (χ4v) is 6.74. The molecule has 0 aromatic heterocycles. The Kier molecular flexibility index (Phi) is 10.6. The van der Waals surface area contributed by atoms with Crippen LogP contribution in [0.15, 0.2) is 152 Å². The van der Waals surface area contributed by atoms with Gasteiger partial charge in [-0.3, -0.25) is 0 Å². The summed E-state index contributed by atoms with van der Waals surface area (Å²) in [7, 11) is 0.331. The van der Waals surface area contributed by atoms with Crippen molar-refractivity contribution in [1.29, 1.82) is 0 Å². The molecule has 0 nitrogen and oxygen atoms in total. The summed E-state index contributed by atoms with van der Waals surface area (Å²) in [6.07, 6.45) is 0. The molecule has 0 bridgehead atoms. The van der Waals surface area contributed by atoms with E-state index in [0.29, 0.717) is 0 Å². The van der Waals surface area contributed by atoms with Crippen molar-refractivity contribution in [3.63, 3.8) is 0 Å². The quantitative estimate of drug-likeness (QED) is 0.204. The Morgan fingerprint density at radius 2 is 0.606 bits per heavy atom. The van der Waals surface area contributed by atoms with Gasteiger partial charge in [-0.1, -0.05) is 160 Å². The first kappa shape index (κ1) is 25.1. The summed E-state index contributed by atoms with van der Waals surface area (Å²) in [5.74, 6) is 0. The summed E-state index contributed by atoms with van der Waals surface area (Å²) >= 11 is 0. The summed E-state index contributed by atoms with van der Waals surface area (Å²) < 4.78 is 0. The minimum Gasteiger partial charge on any atom is -1.00 e. The third-order valence-electron chi connectivity index (χ3n) is 4.88. The summed E-state index contributed by atoms with van der Waals surface area (Å²) in [5, 5.41) is 6.99. The van der Waals surface area contributed by atoms with Gasteiger partial charge in [-0.25, -0.2) is 0 Å². The molecule has 3 heteroatoms. The molecule has 5 aromatic carbocycles. The average Bonchev–Trinajstić information content (AvgIpc) is 2.88. The molecule has 0 aliphatic heterocycles. The number of benzene rings is 5. The molecule has 5 aromatic rings. The van der Waals surface area contributed by atoms with Gasteiger partial charge in [0.15, 0.2) is 0 Å². The number of hydrogen-bond donors (Lipinski definition) is 0. The van der Waals surface area contributed by atoms with Crippen molar-refractivity contribution in [2.75, 3.05) is 0 Å². The predicted octanol–water partition coefficient (Wildman–Crippen LogP) is 5.87. The van der Waals surface area contributed by atoms with Crippen molar-refractivity contribution in [3.8, 4) is 0 Å². The first-order valence-electron chi connectivity index (χ1n) is 10.7. The molecular formula is C30H27CuP2. The maximum atomic E-state index is 2.23. The van der Waals surface area contributed by atoms with Crippen LogP contribution in [0, 0.1) is 0 Å². The number of rotatable bonds is 5. The van der Waals surface area contributed by atoms with Crippen molar-refractivity contribution in [3.05, 3.63) is 152 Å². The fourth-order valence-electron chi connectivity index (χ4n) is 3.39. The molecule has 0 aliphatic rings. The van der Waals surface area contributed by atoms with E-state index in [1.807, 2.05) is 0 Å². The van der Waals surface area contributed by atoms with Crippen molar-refractivity contribution < 1.29 is 18.5 Å². The largest absolute Gasteiger partial charge is 1.00 e. The molecule has 33 heavy (non-hydrogen) atoms. The monoisotopic (exact) mass is 512 g/mol. The fraction of sp³-hybridized carbons (Fsp3) is 0. The average molecular weight is 513 g/mol. The van der Waals surface area contributed by atoms with Gasteiger partial charge in [-0.2, -0.15) is 0 Å². The summed E-state index contributed by atoms with van der Waals surface area (Å²) in [5.41, 5.74) is 0.